The number of H-pyrrole nitrogens is 1. The molecule has 21 heavy (non-hydrogen) atoms. The number of aromatic nitrogens is 1. The zero-order chi connectivity index (χ0) is 15.6. The van der Waals surface area contributed by atoms with Gasteiger partial charge < -0.3 is 20.1 Å². The highest BCUT2D eigenvalue weighted by Crippen LogP contribution is 2.21. The van der Waals surface area contributed by atoms with Crippen LogP contribution in [0, 0.1) is 13.8 Å². The van der Waals surface area contributed by atoms with Crippen molar-refractivity contribution in [3.05, 3.63) is 35.0 Å². The third-order valence-corrected chi connectivity index (χ3v) is 3.34. The molecule has 0 radical (unpaired) electrons. The fourth-order valence-electron chi connectivity index (χ4n) is 2.27. The number of rotatable bonds is 5. The molecule has 112 valence electrons. The number of hydrogen-bond donors (Lipinski definition) is 3. The summed E-state index contributed by atoms with van der Waals surface area (Å²) in [6, 6.07) is 5.78. The van der Waals surface area contributed by atoms with Crippen LogP contribution in [0.25, 0.3) is 10.9 Å². The molecule has 2 rings (SSSR count). The number of hydrogen-bond acceptors (Lipinski definition) is 3. The van der Waals surface area contributed by atoms with Crippen molar-refractivity contribution in [2.24, 2.45) is 0 Å². The number of amides is 1. The summed E-state index contributed by atoms with van der Waals surface area (Å²) in [5.41, 5.74) is 3.48. The second-order valence-corrected chi connectivity index (χ2v) is 5.00. The summed E-state index contributed by atoms with van der Waals surface area (Å²) in [5.74, 6) is -1.47. The normalized spacial score (nSPS) is 12.3. The van der Waals surface area contributed by atoms with Gasteiger partial charge in [0.25, 0.3) is 5.91 Å². The molecule has 0 saturated heterocycles. The molecule has 6 heteroatoms. The number of aryl methyl sites for hydroxylation is 2. The largest absolute Gasteiger partial charge is 0.479 e. The van der Waals surface area contributed by atoms with Gasteiger partial charge in [-0.3, -0.25) is 4.79 Å². The van der Waals surface area contributed by atoms with Gasteiger partial charge in [-0.15, -0.1) is 0 Å². The van der Waals surface area contributed by atoms with Gasteiger partial charge in [-0.2, -0.15) is 0 Å². The van der Waals surface area contributed by atoms with E-state index in [0.717, 1.165) is 22.0 Å². The van der Waals surface area contributed by atoms with Crippen LogP contribution in [-0.2, 0) is 9.53 Å². The number of nitrogens with one attached hydrogen (secondary N) is 2. The van der Waals surface area contributed by atoms with Crippen molar-refractivity contribution in [3.63, 3.8) is 0 Å². The second-order valence-electron chi connectivity index (χ2n) is 5.00. The van der Waals surface area contributed by atoms with Crippen LogP contribution >= 0.6 is 0 Å². The van der Waals surface area contributed by atoms with E-state index in [1.165, 1.54) is 7.11 Å². The topological polar surface area (TPSA) is 91.4 Å². The van der Waals surface area contributed by atoms with Crippen LogP contribution in [0.3, 0.4) is 0 Å². The third kappa shape index (κ3) is 3.22. The average molecular weight is 290 g/mol. The number of carbonyl (C=O) groups excluding carboxylic acids is 1. The molecular weight excluding hydrogens is 272 g/mol. The monoisotopic (exact) mass is 290 g/mol. The molecule has 1 heterocycles. The minimum atomic E-state index is -1.11. The Kier molecular flexibility index (Phi) is 4.28. The highest BCUT2D eigenvalue weighted by Gasteiger charge is 2.18. The van der Waals surface area contributed by atoms with E-state index in [1.54, 1.807) is 6.07 Å². The molecule has 0 aliphatic carbocycles. The Balaban J connectivity index is 2.16. The summed E-state index contributed by atoms with van der Waals surface area (Å²) < 4.78 is 4.77. The molecule has 2 aromatic rings. The van der Waals surface area contributed by atoms with E-state index < -0.39 is 12.1 Å². The Morgan fingerprint density at radius 3 is 2.67 bits per heavy atom. The first-order chi connectivity index (χ1) is 9.92. The van der Waals surface area contributed by atoms with E-state index in [9.17, 15) is 9.59 Å². The van der Waals surface area contributed by atoms with Crippen LogP contribution in [0.1, 0.15) is 21.6 Å². The fraction of sp³-hybridized carbons (Fsp3) is 0.333. The Morgan fingerprint density at radius 2 is 2.05 bits per heavy atom. The van der Waals surface area contributed by atoms with Gasteiger partial charge in [-0.1, -0.05) is 6.07 Å². The number of ether oxygens (including phenoxy) is 1. The van der Waals surface area contributed by atoms with Gasteiger partial charge >= 0.3 is 5.97 Å². The molecule has 0 bridgehead atoms. The lowest BCUT2D eigenvalue weighted by Gasteiger charge is -2.10. The molecule has 0 aliphatic rings. The number of aliphatic carboxylic acids is 1. The summed E-state index contributed by atoms with van der Waals surface area (Å²) in [7, 11) is 1.29. The summed E-state index contributed by atoms with van der Waals surface area (Å²) in [5, 5.41) is 12.4. The summed E-state index contributed by atoms with van der Waals surface area (Å²) in [4.78, 5) is 25.9. The number of carboxylic acid groups (broad SMARTS) is 1. The van der Waals surface area contributed by atoms with Crippen molar-refractivity contribution in [1.82, 2.24) is 10.3 Å². The van der Waals surface area contributed by atoms with Crippen LogP contribution in [0.2, 0.25) is 0 Å². The summed E-state index contributed by atoms with van der Waals surface area (Å²) in [6.07, 6.45) is -1.05. The quantitative estimate of drug-likeness (QED) is 0.780. The third-order valence-electron chi connectivity index (χ3n) is 3.34. The molecule has 1 unspecified atom stereocenters. The van der Waals surface area contributed by atoms with Gasteiger partial charge in [0, 0.05) is 18.0 Å². The van der Waals surface area contributed by atoms with Crippen LogP contribution in [0.15, 0.2) is 18.2 Å². The molecule has 0 spiro atoms. The van der Waals surface area contributed by atoms with E-state index in [0.29, 0.717) is 5.69 Å². The van der Waals surface area contributed by atoms with Crippen LogP contribution in [0.4, 0.5) is 0 Å². The highest BCUT2D eigenvalue weighted by atomic mass is 16.5. The Hall–Kier alpha value is -2.34. The molecule has 0 fully saturated rings. The molecule has 1 atom stereocenters. The molecular formula is C15H18N2O4. The van der Waals surface area contributed by atoms with Crippen LogP contribution in [-0.4, -0.2) is 41.7 Å². The predicted molar refractivity (Wildman–Crippen MR) is 78.5 cm³/mol. The molecule has 1 aromatic heterocycles. The van der Waals surface area contributed by atoms with Crippen molar-refractivity contribution >= 4 is 22.8 Å². The number of aromatic amines is 1. The molecule has 0 saturated carbocycles. The maximum absolute atomic E-state index is 12.1. The molecule has 6 nitrogen and oxygen atoms in total. The molecule has 3 N–H and O–H groups in total. The zero-order valence-corrected chi connectivity index (χ0v) is 12.2. The van der Waals surface area contributed by atoms with E-state index in [4.69, 9.17) is 9.84 Å². The lowest BCUT2D eigenvalue weighted by atomic mass is 10.1. The highest BCUT2D eigenvalue weighted by molar-refractivity contribution is 5.99. The summed E-state index contributed by atoms with van der Waals surface area (Å²) >= 11 is 0. The predicted octanol–water partition coefficient (Wildman–Crippen LogP) is 1.61. The van der Waals surface area contributed by atoms with Gasteiger partial charge in [0.2, 0.25) is 0 Å². The van der Waals surface area contributed by atoms with Gasteiger partial charge in [0.05, 0.1) is 6.54 Å². The number of benzene rings is 1. The fourth-order valence-corrected chi connectivity index (χ4v) is 2.27. The smallest absolute Gasteiger partial charge is 0.334 e. The molecule has 1 amide bonds. The number of fused-ring (bicyclic) bond motifs is 1. The first-order valence-electron chi connectivity index (χ1n) is 6.56. The zero-order valence-electron chi connectivity index (χ0n) is 12.2. The van der Waals surface area contributed by atoms with E-state index in [2.05, 4.69) is 10.3 Å². The van der Waals surface area contributed by atoms with Crippen molar-refractivity contribution in [2.45, 2.75) is 20.0 Å². The standard InChI is InChI=1S/C15H18N2O4/c1-8-4-9(2)10-6-12(17-11(10)5-8)14(18)16-7-13(21-3)15(19)20/h4-6,13,17H,7H2,1-3H3,(H,16,18)(H,19,20). The second kappa shape index (κ2) is 5.97. The number of carboxylic acids is 1. The van der Waals surface area contributed by atoms with Crippen LogP contribution < -0.4 is 5.32 Å². The minimum absolute atomic E-state index is 0.0853. The van der Waals surface area contributed by atoms with E-state index in [1.807, 2.05) is 26.0 Å². The van der Waals surface area contributed by atoms with Crippen molar-refractivity contribution in [3.8, 4) is 0 Å². The summed E-state index contributed by atoms with van der Waals surface area (Å²) in [6.45, 7) is 3.89. The Labute approximate surface area is 122 Å². The van der Waals surface area contributed by atoms with Gasteiger partial charge in [0.15, 0.2) is 6.10 Å². The number of methoxy groups -OCH3 is 1. The Bertz CT molecular complexity index is 690. The van der Waals surface area contributed by atoms with Gasteiger partial charge in [-0.05, 0) is 37.1 Å². The lowest BCUT2D eigenvalue weighted by Crippen LogP contribution is -2.37. The first kappa shape index (κ1) is 15.1. The maximum atomic E-state index is 12.1. The average Bonchev–Trinajstić information content (AvgIpc) is 2.83. The molecule has 1 aromatic carbocycles. The van der Waals surface area contributed by atoms with Crippen molar-refractivity contribution < 1.29 is 19.4 Å². The maximum Gasteiger partial charge on any atom is 0.334 e. The van der Waals surface area contributed by atoms with Gasteiger partial charge in [0.1, 0.15) is 5.69 Å². The number of carbonyl (C=O) groups is 2. The van der Waals surface area contributed by atoms with E-state index in [-0.39, 0.29) is 12.5 Å². The van der Waals surface area contributed by atoms with Crippen LogP contribution in [0.5, 0.6) is 0 Å². The molecule has 0 aliphatic heterocycles. The van der Waals surface area contributed by atoms with Crippen molar-refractivity contribution in [1.29, 1.82) is 0 Å². The van der Waals surface area contributed by atoms with Gasteiger partial charge in [-0.25, -0.2) is 4.79 Å². The van der Waals surface area contributed by atoms with Crippen molar-refractivity contribution in [2.75, 3.05) is 13.7 Å². The first-order valence-corrected chi connectivity index (χ1v) is 6.56. The minimum Gasteiger partial charge on any atom is -0.479 e. The Morgan fingerprint density at radius 1 is 1.33 bits per heavy atom. The lowest BCUT2D eigenvalue weighted by molar-refractivity contribution is -0.148. The van der Waals surface area contributed by atoms with E-state index >= 15 is 0 Å². The SMILES string of the molecule is COC(CNC(=O)c1cc2c(C)cc(C)cc2[nH]1)C(=O)O.